The third-order valence-electron chi connectivity index (χ3n) is 3.21. The van der Waals surface area contributed by atoms with Gasteiger partial charge >= 0.3 is 0 Å². The summed E-state index contributed by atoms with van der Waals surface area (Å²) in [4.78, 5) is 20.8. The Morgan fingerprint density at radius 3 is 2.95 bits per heavy atom. The van der Waals surface area contributed by atoms with Gasteiger partial charge in [-0.2, -0.15) is 10.2 Å². The molecular weight excluding hydrogens is 270 g/mol. The second kappa shape index (κ2) is 4.97. The van der Waals surface area contributed by atoms with Crippen molar-refractivity contribution in [1.29, 1.82) is 0 Å². The number of aromatic amines is 1. The molecule has 0 aliphatic rings. The molecule has 0 spiro atoms. The highest BCUT2D eigenvalue weighted by atomic mass is 16.1. The number of amides is 1. The molecule has 3 aromatic heterocycles. The lowest BCUT2D eigenvalue weighted by molar-refractivity contribution is 0.0940. The zero-order chi connectivity index (χ0) is 15.0. The van der Waals surface area contributed by atoms with Gasteiger partial charge < -0.3 is 5.32 Å². The van der Waals surface area contributed by atoms with Gasteiger partial charge in [-0.1, -0.05) is 0 Å². The third kappa shape index (κ3) is 2.35. The average Bonchev–Trinajstić information content (AvgIpc) is 3.07. The molecule has 0 bridgehead atoms. The smallest absolute Gasteiger partial charge is 0.257 e. The van der Waals surface area contributed by atoms with Crippen molar-refractivity contribution in [2.24, 2.45) is 0 Å². The molecule has 0 radical (unpaired) electrons. The molecule has 0 fully saturated rings. The minimum absolute atomic E-state index is 0.244. The maximum Gasteiger partial charge on any atom is 0.257 e. The van der Waals surface area contributed by atoms with Crippen LogP contribution >= 0.6 is 0 Å². The summed E-state index contributed by atoms with van der Waals surface area (Å²) in [6, 6.07) is 1.64. The summed E-state index contributed by atoms with van der Waals surface area (Å²) in [5, 5.41) is 13.6. The second-order valence-corrected chi connectivity index (χ2v) is 4.90. The van der Waals surface area contributed by atoms with Gasteiger partial charge in [0, 0.05) is 11.4 Å². The number of nitrogens with zero attached hydrogens (tertiary/aromatic N) is 5. The van der Waals surface area contributed by atoms with Crippen LogP contribution in [0.2, 0.25) is 0 Å². The molecule has 3 aromatic rings. The van der Waals surface area contributed by atoms with Gasteiger partial charge in [-0.15, -0.1) is 0 Å². The summed E-state index contributed by atoms with van der Waals surface area (Å²) in [6.45, 7) is 5.64. The molecule has 0 saturated carbocycles. The molecule has 3 rings (SSSR count). The lowest BCUT2D eigenvalue weighted by Crippen LogP contribution is -2.27. The Morgan fingerprint density at radius 1 is 1.43 bits per heavy atom. The van der Waals surface area contributed by atoms with E-state index >= 15 is 0 Å². The van der Waals surface area contributed by atoms with E-state index in [9.17, 15) is 4.79 Å². The Hall–Kier alpha value is -2.77. The highest BCUT2D eigenvalue weighted by molar-refractivity contribution is 5.99. The third-order valence-corrected chi connectivity index (χ3v) is 3.21. The molecule has 1 unspecified atom stereocenters. The van der Waals surface area contributed by atoms with Gasteiger partial charge in [0.15, 0.2) is 5.65 Å². The zero-order valence-corrected chi connectivity index (χ0v) is 12.0. The summed E-state index contributed by atoms with van der Waals surface area (Å²) in [7, 11) is 0. The van der Waals surface area contributed by atoms with Crippen molar-refractivity contribution >= 4 is 11.6 Å². The van der Waals surface area contributed by atoms with Crippen LogP contribution in [0.25, 0.3) is 5.65 Å². The molecule has 21 heavy (non-hydrogen) atoms. The van der Waals surface area contributed by atoms with E-state index in [0.29, 0.717) is 17.0 Å². The molecule has 0 aromatic carbocycles. The largest absolute Gasteiger partial charge is 0.342 e. The SMILES string of the molecule is Cc1cc(C)n2ncc(C(=O)NC(C)c3ncn[nH]3)c2n1. The van der Waals surface area contributed by atoms with E-state index in [1.54, 1.807) is 4.52 Å². The lowest BCUT2D eigenvalue weighted by Gasteiger charge is -2.10. The first-order valence-corrected chi connectivity index (χ1v) is 6.54. The number of aryl methyl sites for hydroxylation is 2. The molecular formula is C13H15N7O. The number of rotatable bonds is 3. The molecule has 0 saturated heterocycles. The molecule has 8 heteroatoms. The Labute approximate surface area is 120 Å². The van der Waals surface area contributed by atoms with Crippen molar-refractivity contribution in [1.82, 2.24) is 35.1 Å². The van der Waals surface area contributed by atoms with Crippen LogP contribution in [-0.4, -0.2) is 35.7 Å². The van der Waals surface area contributed by atoms with Gasteiger partial charge in [0.2, 0.25) is 0 Å². The van der Waals surface area contributed by atoms with Crippen molar-refractivity contribution in [3.8, 4) is 0 Å². The lowest BCUT2D eigenvalue weighted by atomic mass is 10.2. The number of nitrogens with one attached hydrogen (secondary N) is 2. The maximum absolute atomic E-state index is 12.4. The normalized spacial score (nSPS) is 12.5. The summed E-state index contributed by atoms with van der Waals surface area (Å²) in [5.74, 6) is 0.353. The van der Waals surface area contributed by atoms with Gasteiger partial charge in [0.1, 0.15) is 17.7 Å². The van der Waals surface area contributed by atoms with E-state index < -0.39 is 0 Å². The van der Waals surface area contributed by atoms with Crippen LogP contribution in [0.4, 0.5) is 0 Å². The Kier molecular flexibility index (Phi) is 3.13. The van der Waals surface area contributed by atoms with Gasteiger partial charge in [-0.25, -0.2) is 14.5 Å². The highest BCUT2D eigenvalue weighted by Gasteiger charge is 2.18. The van der Waals surface area contributed by atoms with E-state index in [1.165, 1.54) is 12.5 Å². The van der Waals surface area contributed by atoms with Crippen LogP contribution in [0.15, 0.2) is 18.6 Å². The van der Waals surface area contributed by atoms with Crippen molar-refractivity contribution in [2.75, 3.05) is 0 Å². The fourth-order valence-corrected chi connectivity index (χ4v) is 2.20. The first-order chi connectivity index (χ1) is 10.1. The van der Waals surface area contributed by atoms with Crippen LogP contribution in [0, 0.1) is 13.8 Å². The minimum Gasteiger partial charge on any atom is -0.342 e. The van der Waals surface area contributed by atoms with Crippen molar-refractivity contribution in [3.05, 3.63) is 41.4 Å². The first-order valence-electron chi connectivity index (χ1n) is 6.54. The molecule has 8 nitrogen and oxygen atoms in total. The van der Waals surface area contributed by atoms with E-state index in [1.807, 2.05) is 26.8 Å². The fraction of sp³-hybridized carbons (Fsp3) is 0.308. The highest BCUT2D eigenvalue weighted by Crippen LogP contribution is 2.13. The van der Waals surface area contributed by atoms with Crippen LogP contribution in [-0.2, 0) is 0 Å². The number of hydrogen-bond acceptors (Lipinski definition) is 5. The van der Waals surface area contributed by atoms with E-state index in [4.69, 9.17) is 0 Å². The second-order valence-electron chi connectivity index (χ2n) is 4.90. The predicted octanol–water partition coefficient (Wildman–Crippen LogP) is 0.955. The van der Waals surface area contributed by atoms with Gasteiger partial charge in [-0.3, -0.25) is 9.89 Å². The number of hydrogen-bond donors (Lipinski definition) is 2. The minimum atomic E-state index is -0.277. The summed E-state index contributed by atoms with van der Waals surface area (Å²) < 4.78 is 1.65. The molecule has 0 aliphatic heterocycles. The van der Waals surface area contributed by atoms with Crippen LogP contribution in [0.1, 0.15) is 40.5 Å². The van der Waals surface area contributed by atoms with E-state index in [0.717, 1.165) is 11.4 Å². The summed E-state index contributed by atoms with van der Waals surface area (Å²) >= 11 is 0. The summed E-state index contributed by atoms with van der Waals surface area (Å²) in [6.07, 6.45) is 2.93. The number of carbonyl (C=O) groups is 1. The fourth-order valence-electron chi connectivity index (χ4n) is 2.20. The maximum atomic E-state index is 12.4. The van der Waals surface area contributed by atoms with Gasteiger partial charge in [0.05, 0.1) is 12.2 Å². The standard InChI is InChI=1S/C13H15N7O/c1-7-4-8(2)20-12(17-7)10(5-16-20)13(21)18-9(3)11-14-6-15-19-11/h4-6,9H,1-3H3,(H,18,21)(H,14,15,19). The Morgan fingerprint density at radius 2 is 2.24 bits per heavy atom. The zero-order valence-electron chi connectivity index (χ0n) is 12.0. The average molecular weight is 285 g/mol. The number of H-pyrrole nitrogens is 1. The molecule has 2 N–H and O–H groups in total. The Balaban J connectivity index is 1.92. The Bertz CT molecular complexity index is 790. The van der Waals surface area contributed by atoms with Crippen LogP contribution < -0.4 is 5.32 Å². The number of aromatic nitrogens is 6. The monoisotopic (exact) mass is 285 g/mol. The molecule has 3 heterocycles. The topological polar surface area (TPSA) is 101 Å². The quantitative estimate of drug-likeness (QED) is 0.746. The molecule has 1 amide bonds. The van der Waals surface area contributed by atoms with Crippen molar-refractivity contribution in [3.63, 3.8) is 0 Å². The molecule has 1 atom stereocenters. The molecule has 0 aliphatic carbocycles. The van der Waals surface area contributed by atoms with E-state index in [-0.39, 0.29) is 11.9 Å². The number of fused-ring (bicyclic) bond motifs is 1. The molecule has 108 valence electrons. The number of carbonyl (C=O) groups excluding carboxylic acids is 1. The van der Waals surface area contributed by atoms with Gasteiger partial charge in [0.25, 0.3) is 5.91 Å². The van der Waals surface area contributed by atoms with Crippen LogP contribution in [0.3, 0.4) is 0 Å². The van der Waals surface area contributed by atoms with Crippen molar-refractivity contribution in [2.45, 2.75) is 26.8 Å². The van der Waals surface area contributed by atoms with Crippen molar-refractivity contribution < 1.29 is 4.79 Å². The van der Waals surface area contributed by atoms with Gasteiger partial charge in [-0.05, 0) is 26.8 Å². The predicted molar refractivity (Wildman–Crippen MR) is 74.7 cm³/mol. The van der Waals surface area contributed by atoms with Crippen LogP contribution in [0.5, 0.6) is 0 Å². The summed E-state index contributed by atoms with van der Waals surface area (Å²) in [5.41, 5.74) is 2.76. The van der Waals surface area contributed by atoms with E-state index in [2.05, 4.69) is 30.6 Å². The first kappa shape index (κ1) is 13.2.